The van der Waals surface area contributed by atoms with E-state index in [-0.39, 0.29) is 40.2 Å². The van der Waals surface area contributed by atoms with Crippen molar-refractivity contribution in [1.82, 2.24) is 4.72 Å². The first kappa shape index (κ1) is 22.3. The standard InChI is InChI=1S/C19H23N3O6S/c1-5-28-17-10-9-14(11-18(17)29(26,27)21-12(2)3)19(23)20-15-7-6-8-16(13(15)4)22(24)25/h6-12,21H,5H2,1-4H3,(H,20,23). The van der Waals surface area contributed by atoms with Gasteiger partial charge in [0, 0.05) is 17.7 Å². The maximum Gasteiger partial charge on any atom is 0.274 e. The number of hydrogen-bond donors (Lipinski definition) is 2. The Hall–Kier alpha value is -2.98. The Balaban J connectivity index is 2.43. The molecular weight excluding hydrogens is 398 g/mol. The molecule has 0 fully saturated rings. The van der Waals surface area contributed by atoms with Crippen molar-refractivity contribution in [3.8, 4) is 5.75 Å². The highest BCUT2D eigenvalue weighted by Gasteiger charge is 2.23. The van der Waals surface area contributed by atoms with Gasteiger partial charge in [0.15, 0.2) is 0 Å². The van der Waals surface area contributed by atoms with Crippen LogP contribution in [0.15, 0.2) is 41.3 Å². The SMILES string of the molecule is CCOc1ccc(C(=O)Nc2cccc([N+](=O)[O-])c2C)cc1S(=O)(=O)NC(C)C. The Morgan fingerprint density at radius 2 is 1.93 bits per heavy atom. The minimum Gasteiger partial charge on any atom is -0.492 e. The molecule has 2 N–H and O–H groups in total. The number of nitro benzene ring substituents is 1. The minimum atomic E-state index is -3.91. The normalized spacial score (nSPS) is 11.3. The lowest BCUT2D eigenvalue weighted by Crippen LogP contribution is -2.30. The summed E-state index contributed by atoms with van der Waals surface area (Å²) < 4.78 is 33.2. The van der Waals surface area contributed by atoms with Crippen LogP contribution in [0.5, 0.6) is 5.75 Å². The van der Waals surface area contributed by atoms with Crippen LogP contribution >= 0.6 is 0 Å². The lowest BCUT2D eigenvalue weighted by atomic mass is 10.1. The lowest BCUT2D eigenvalue weighted by molar-refractivity contribution is -0.385. The van der Waals surface area contributed by atoms with Gasteiger partial charge in [-0.3, -0.25) is 14.9 Å². The van der Waals surface area contributed by atoms with Crippen LogP contribution in [0.1, 0.15) is 36.7 Å². The Morgan fingerprint density at radius 3 is 2.52 bits per heavy atom. The molecule has 0 saturated carbocycles. The molecule has 0 unspecified atom stereocenters. The second-order valence-electron chi connectivity index (χ2n) is 6.53. The molecule has 0 aliphatic rings. The molecule has 0 aromatic heterocycles. The summed E-state index contributed by atoms with van der Waals surface area (Å²) in [5.41, 5.74) is 0.510. The Labute approximate surface area is 169 Å². The van der Waals surface area contributed by atoms with Crippen molar-refractivity contribution >= 4 is 27.3 Å². The van der Waals surface area contributed by atoms with Crippen LogP contribution in [0, 0.1) is 17.0 Å². The van der Waals surface area contributed by atoms with E-state index >= 15 is 0 Å². The third kappa shape index (κ3) is 5.30. The molecule has 1 amide bonds. The second-order valence-corrected chi connectivity index (χ2v) is 8.21. The largest absolute Gasteiger partial charge is 0.492 e. The molecule has 0 bridgehead atoms. The molecule has 0 atom stereocenters. The number of nitrogens with one attached hydrogen (secondary N) is 2. The maximum atomic E-state index is 12.7. The van der Waals surface area contributed by atoms with Gasteiger partial charge in [0.25, 0.3) is 11.6 Å². The number of carbonyl (C=O) groups is 1. The summed E-state index contributed by atoms with van der Waals surface area (Å²) in [7, 11) is -3.91. The molecule has 156 valence electrons. The number of carbonyl (C=O) groups excluding carboxylic acids is 1. The summed E-state index contributed by atoms with van der Waals surface area (Å²) >= 11 is 0. The number of rotatable bonds is 8. The summed E-state index contributed by atoms with van der Waals surface area (Å²) in [6.45, 7) is 6.86. The van der Waals surface area contributed by atoms with Crippen molar-refractivity contribution in [3.05, 3.63) is 57.6 Å². The molecule has 9 nitrogen and oxygen atoms in total. The van der Waals surface area contributed by atoms with E-state index in [9.17, 15) is 23.3 Å². The highest BCUT2D eigenvalue weighted by atomic mass is 32.2. The van der Waals surface area contributed by atoms with Gasteiger partial charge in [0.2, 0.25) is 10.0 Å². The zero-order valence-electron chi connectivity index (χ0n) is 16.6. The van der Waals surface area contributed by atoms with Gasteiger partial charge in [-0.1, -0.05) is 6.07 Å². The fraction of sp³-hybridized carbons (Fsp3) is 0.316. The molecule has 0 radical (unpaired) electrons. The highest BCUT2D eigenvalue weighted by molar-refractivity contribution is 7.89. The number of ether oxygens (including phenoxy) is 1. The highest BCUT2D eigenvalue weighted by Crippen LogP contribution is 2.28. The second kappa shape index (κ2) is 9.01. The number of sulfonamides is 1. The van der Waals surface area contributed by atoms with Crippen molar-refractivity contribution in [2.45, 2.75) is 38.6 Å². The summed E-state index contributed by atoms with van der Waals surface area (Å²) in [6.07, 6.45) is 0. The third-order valence-electron chi connectivity index (χ3n) is 3.94. The molecule has 2 aromatic carbocycles. The van der Waals surface area contributed by atoms with Gasteiger partial charge >= 0.3 is 0 Å². The van der Waals surface area contributed by atoms with Gasteiger partial charge < -0.3 is 10.1 Å². The van der Waals surface area contributed by atoms with Crippen molar-refractivity contribution < 1.29 is 22.9 Å². The van der Waals surface area contributed by atoms with E-state index in [1.165, 1.54) is 43.3 Å². The van der Waals surface area contributed by atoms with Crippen LogP contribution in [0.3, 0.4) is 0 Å². The molecule has 10 heteroatoms. The summed E-state index contributed by atoms with van der Waals surface area (Å²) in [5, 5.41) is 13.7. The first-order valence-corrected chi connectivity index (χ1v) is 10.4. The minimum absolute atomic E-state index is 0.0727. The average Bonchev–Trinajstić information content (AvgIpc) is 2.62. The zero-order valence-corrected chi connectivity index (χ0v) is 17.4. The average molecular weight is 421 g/mol. The molecule has 0 saturated heterocycles. The molecule has 0 heterocycles. The summed E-state index contributed by atoms with van der Waals surface area (Å²) in [6, 6.07) is 8.05. The van der Waals surface area contributed by atoms with Gasteiger partial charge in [0.1, 0.15) is 10.6 Å². The first-order valence-electron chi connectivity index (χ1n) is 8.91. The fourth-order valence-electron chi connectivity index (χ4n) is 2.66. The number of nitrogens with zero attached hydrogens (tertiary/aromatic N) is 1. The Morgan fingerprint density at radius 1 is 1.24 bits per heavy atom. The molecule has 0 aliphatic heterocycles. The van der Waals surface area contributed by atoms with E-state index in [2.05, 4.69) is 10.0 Å². The van der Waals surface area contributed by atoms with Gasteiger partial charge in [-0.25, -0.2) is 13.1 Å². The van der Waals surface area contributed by atoms with E-state index in [0.717, 1.165) is 0 Å². The predicted molar refractivity (Wildman–Crippen MR) is 109 cm³/mol. The van der Waals surface area contributed by atoms with Gasteiger partial charge in [-0.15, -0.1) is 0 Å². The number of hydrogen-bond acceptors (Lipinski definition) is 6. The Bertz CT molecular complexity index is 1030. The topological polar surface area (TPSA) is 128 Å². The van der Waals surface area contributed by atoms with Crippen LogP contribution in [-0.4, -0.2) is 31.9 Å². The molecular formula is C19H23N3O6S. The zero-order chi connectivity index (χ0) is 21.8. The van der Waals surface area contributed by atoms with Gasteiger partial charge in [-0.05, 0) is 52.0 Å². The predicted octanol–water partition coefficient (Wildman–Crippen LogP) is 3.24. The van der Waals surface area contributed by atoms with Crippen LogP contribution in [0.2, 0.25) is 0 Å². The van der Waals surface area contributed by atoms with E-state index < -0.39 is 20.9 Å². The van der Waals surface area contributed by atoms with E-state index in [4.69, 9.17) is 4.74 Å². The van der Waals surface area contributed by atoms with E-state index in [1.54, 1.807) is 20.8 Å². The summed E-state index contributed by atoms with van der Waals surface area (Å²) in [5.74, 6) is -0.471. The number of nitro groups is 1. The molecule has 2 aromatic rings. The fourth-order valence-corrected chi connectivity index (χ4v) is 4.08. The van der Waals surface area contributed by atoms with Gasteiger partial charge in [-0.2, -0.15) is 0 Å². The molecule has 0 spiro atoms. The number of benzene rings is 2. The van der Waals surface area contributed by atoms with Crippen LogP contribution in [-0.2, 0) is 10.0 Å². The number of amides is 1. The van der Waals surface area contributed by atoms with Crippen molar-refractivity contribution in [2.75, 3.05) is 11.9 Å². The van der Waals surface area contributed by atoms with Crippen LogP contribution in [0.25, 0.3) is 0 Å². The van der Waals surface area contributed by atoms with Crippen LogP contribution in [0.4, 0.5) is 11.4 Å². The lowest BCUT2D eigenvalue weighted by Gasteiger charge is -2.15. The van der Waals surface area contributed by atoms with Crippen molar-refractivity contribution in [2.24, 2.45) is 0 Å². The molecule has 29 heavy (non-hydrogen) atoms. The number of anilines is 1. The maximum absolute atomic E-state index is 12.7. The quantitative estimate of drug-likeness (QED) is 0.497. The first-order chi connectivity index (χ1) is 13.6. The van der Waals surface area contributed by atoms with Crippen molar-refractivity contribution in [1.29, 1.82) is 0 Å². The molecule has 2 rings (SSSR count). The Kier molecular flexibility index (Phi) is 6.93. The van der Waals surface area contributed by atoms with Crippen LogP contribution < -0.4 is 14.8 Å². The molecule has 0 aliphatic carbocycles. The van der Waals surface area contributed by atoms with Gasteiger partial charge in [0.05, 0.1) is 22.8 Å². The smallest absolute Gasteiger partial charge is 0.274 e. The summed E-state index contributed by atoms with van der Waals surface area (Å²) in [4.78, 5) is 23.1. The third-order valence-corrected chi connectivity index (χ3v) is 5.62. The monoisotopic (exact) mass is 421 g/mol. The van der Waals surface area contributed by atoms with E-state index in [0.29, 0.717) is 5.56 Å². The van der Waals surface area contributed by atoms with E-state index in [1.807, 2.05) is 0 Å². The van der Waals surface area contributed by atoms with Crippen molar-refractivity contribution in [3.63, 3.8) is 0 Å².